The van der Waals surface area contributed by atoms with Gasteiger partial charge in [0.25, 0.3) is 0 Å². The van der Waals surface area contributed by atoms with Gasteiger partial charge >= 0.3 is 0 Å². The highest BCUT2D eigenvalue weighted by atomic mass is 35.5. The molecule has 2 rings (SSSR count). The number of nitrogens with two attached hydrogens (primary N) is 1. The number of halogens is 1. The van der Waals surface area contributed by atoms with Crippen molar-refractivity contribution in [3.63, 3.8) is 0 Å². The third-order valence-corrected chi connectivity index (χ3v) is 5.33. The second kappa shape index (κ2) is 4.70. The van der Waals surface area contributed by atoms with E-state index >= 15 is 0 Å². The van der Waals surface area contributed by atoms with Gasteiger partial charge in [-0.15, -0.1) is 0 Å². The van der Waals surface area contributed by atoms with Crippen LogP contribution in [0.4, 0.5) is 0 Å². The Labute approximate surface area is 123 Å². The molecular formula is C12H15ClN2O2S2. The van der Waals surface area contributed by atoms with E-state index in [1.165, 1.54) is 18.2 Å². The minimum atomic E-state index is -3.55. The molecule has 0 bridgehead atoms. The summed E-state index contributed by atoms with van der Waals surface area (Å²) < 4.78 is 27.0. The van der Waals surface area contributed by atoms with Crippen molar-refractivity contribution < 1.29 is 8.42 Å². The summed E-state index contributed by atoms with van der Waals surface area (Å²) in [4.78, 5) is 0.269. The molecule has 0 amide bonds. The first-order valence-corrected chi connectivity index (χ1v) is 8.02. The van der Waals surface area contributed by atoms with Gasteiger partial charge in [-0.1, -0.05) is 37.7 Å². The molecule has 0 saturated heterocycles. The SMILES string of the molecule is CC1(C)CC1NS(=O)(=O)c1ccc(C(N)=S)c(Cl)c1. The molecule has 1 aromatic carbocycles. The lowest BCUT2D eigenvalue weighted by Crippen LogP contribution is -2.28. The number of benzene rings is 1. The molecule has 0 heterocycles. The van der Waals surface area contributed by atoms with Gasteiger partial charge in [-0.25, -0.2) is 13.1 Å². The molecule has 1 aliphatic rings. The molecule has 4 nitrogen and oxygen atoms in total. The molecule has 0 aliphatic heterocycles. The van der Waals surface area contributed by atoms with Crippen molar-refractivity contribution in [2.45, 2.75) is 31.2 Å². The van der Waals surface area contributed by atoms with Gasteiger partial charge in [0, 0.05) is 11.6 Å². The van der Waals surface area contributed by atoms with Crippen LogP contribution in [0.2, 0.25) is 5.02 Å². The summed E-state index contributed by atoms with van der Waals surface area (Å²) in [5.74, 6) is 0. The number of hydrogen-bond donors (Lipinski definition) is 2. The van der Waals surface area contributed by atoms with E-state index in [9.17, 15) is 8.42 Å². The van der Waals surface area contributed by atoms with E-state index < -0.39 is 10.0 Å². The van der Waals surface area contributed by atoms with E-state index in [1.807, 2.05) is 13.8 Å². The van der Waals surface area contributed by atoms with Gasteiger partial charge in [-0.05, 0) is 30.0 Å². The van der Waals surface area contributed by atoms with Gasteiger partial charge in [-0.2, -0.15) is 0 Å². The smallest absolute Gasteiger partial charge is 0.240 e. The van der Waals surface area contributed by atoms with Crippen LogP contribution in [0.25, 0.3) is 0 Å². The topological polar surface area (TPSA) is 72.2 Å². The molecule has 1 atom stereocenters. The highest BCUT2D eigenvalue weighted by Crippen LogP contribution is 2.45. The van der Waals surface area contributed by atoms with Gasteiger partial charge in [0.1, 0.15) is 4.99 Å². The molecule has 1 aliphatic carbocycles. The van der Waals surface area contributed by atoms with Crippen LogP contribution in [0.1, 0.15) is 25.8 Å². The summed E-state index contributed by atoms with van der Waals surface area (Å²) in [6.07, 6.45) is 0.838. The average Bonchev–Trinajstić information content (AvgIpc) is 2.84. The summed E-state index contributed by atoms with van der Waals surface area (Å²) in [6, 6.07) is 4.33. The summed E-state index contributed by atoms with van der Waals surface area (Å²) in [5.41, 5.74) is 5.98. The Morgan fingerprint density at radius 1 is 1.53 bits per heavy atom. The maximum absolute atomic E-state index is 12.2. The molecule has 0 aromatic heterocycles. The van der Waals surface area contributed by atoms with Gasteiger partial charge < -0.3 is 5.73 Å². The summed E-state index contributed by atoms with van der Waals surface area (Å²) in [6.45, 7) is 4.03. The van der Waals surface area contributed by atoms with Crippen LogP contribution in [0.5, 0.6) is 0 Å². The molecule has 1 unspecified atom stereocenters. The third-order valence-electron chi connectivity index (χ3n) is 3.33. The van der Waals surface area contributed by atoms with Crippen LogP contribution in [-0.2, 0) is 10.0 Å². The molecule has 0 spiro atoms. The van der Waals surface area contributed by atoms with Crippen LogP contribution in [0, 0.1) is 5.41 Å². The fraction of sp³-hybridized carbons (Fsp3) is 0.417. The fourth-order valence-corrected chi connectivity index (χ4v) is 3.80. The Morgan fingerprint density at radius 3 is 2.53 bits per heavy atom. The Bertz CT molecular complexity index is 641. The quantitative estimate of drug-likeness (QED) is 0.833. The predicted octanol–water partition coefficient (Wildman–Crippen LogP) is 2.05. The average molecular weight is 319 g/mol. The maximum atomic E-state index is 12.2. The first kappa shape index (κ1) is 14.7. The fourth-order valence-electron chi connectivity index (χ4n) is 1.79. The first-order chi connectivity index (χ1) is 8.63. The van der Waals surface area contributed by atoms with E-state index in [2.05, 4.69) is 4.72 Å². The lowest BCUT2D eigenvalue weighted by atomic mass is 10.2. The zero-order chi connectivity index (χ0) is 14.4. The monoisotopic (exact) mass is 318 g/mol. The van der Waals surface area contributed by atoms with Gasteiger partial charge in [0.2, 0.25) is 10.0 Å². The van der Waals surface area contributed by atoms with Gasteiger partial charge in [0.05, 0.1) is 9.92 Å². The van der Waals surface area contributed by atoms with Gasteiger partial charge in [0.15, 0.2) is 0 Å². The Hall–Kier alpha value is -0.690. The van der Waals surface area contributed by atoms with Crippen LogP contribution < -0.4 is 10.5 Å². The molecule has 7 heteroatoms. The van der Waals surface area contributed by atoms with Crippen molar-refractivity contribution in [2.24, 2.45) is 11.1 Å². The minimum Gasteiger partial charge on any atom is -0.389 e. The van der Waals surface area contributed by atoms with Crippen molar-refractivity contribution in [3.05, 3.63) is 28.8 Å². The van der Waals surface area contributed by atoms with Gasteiger partial charge in [-0.3, -0.25) is 0 Å². The molecular weight excluding hydrogens is 304 g/mol. The van der Waals surface area contributed by atoms with E-state index in [-0.39, 0.29) is 26.4 Å². The number of sulfonamides is 1. The van der Waals surface area contributed by atoms with Crippen LogP contribution in [0.3, 0.4) is 0 Å². The number of nitrogens with one attached hydrogen (secondary N) is 1. The van der Waals surface area contributed by atoms with E-state index in [0.717, 1.165) is 6.42 Å². The van der Waals surface area contributed by atoms with Crippen molar-refractivity contribution >= 4 is 38.8 Å². The highest BCUT2D eigenvalue weighted by molar-refractivity contribution is 7.89. The largest absolute Gasteiger partial charge is 0.389 e. The van der Waals surface area contributed by atoms with Crippen LogP contribution in [0.15, 0.2) is 23.1 Å². The molecule has 1 saturated carbocycles. The number of thiocarbonyl (C=S) groups is 1. The lowest BCUT2D eigenvalue weighted by molar-refractivity contribution is 0.555. The molecule has 3 N–H and O–H groups in total. The number of hydrogen-bond acceptors (Lipinski definition) is 3. The van der Waals surface area contributed by atoms with Crippen LogP contribution >= 0.6 is 23.8 Å². The van der Waals surface area contributed by atoms with E-state index in [4.69, 9.17) is 29.6 Å². The van der Waals surface area contributed by atoms with Crippen molar-refractivity contribution in [2.75, 3.05) is 0 Å². The van der Waals surface area contributed by atoms with Crippen molar-refractivity contribution in [1.82, 2.24) is 4.72 Å². The first-order valence-electron chi connectivity index (χ1n) is 5.75. The van der Waals surface area contributed by atoms with E-state index in [1.54, 1.807) is 0 Å². The number of rotatable bonds is 4. The maximum Gasteiger partial charge on any atom is 0.240 e. The Kier molecular flexibility index (Phi) is 3.64. The second-order valence-electron chi connectivity index (χ2n) is 5.37. The molecule has 0 radical (unpaired) electrons. The highest BCUT2D eigenvalue weighted by Gasteiger charge is 2.47. The molecule has 104 valence electrons. The summed E-state index contributed by atoms with van der Waals surface area (Å²) in [7, 11) is -3.55. The molecule has 19 heavy (non-hydrogen) atoms. The third kappa shape index (κ3) is 3.08. The van der Waals surface area contributed by atoms with E-state index in [0.29, 0.717) is 5.56 Å². The van der Waals surface area contributed by atoms with Crippen LogP contribution in [-0.4, -0.2) is 19.4 Å². The normalized spacial score (nSPS) is 21.1. The Balaban J connectivity index is 2.27. The lowest BCUT2D eigenvalue weighted by Gasteiger charge is -2.10. The zero-order valence-electron chi connectivity index (χ0n) is 10.6. The second-order valence-corrected chi connectivity index (χ2v) is 7.93. The minimum absolute atomic E-state index is 0.0217. The van der Waals surface area contributed by atoms with Crippen molar-refractivity contribution in [3.8, 4) is 0 Å². The molecule has 1 fully saturated rings. The van der Waals surface area contributed by atoms with Crippen molar-refractivity contribution in [1.29, 1.82) is 0 Å². The summed E-state index contributed by atoms with van der Waals surface area (Å²) >= 11 is 10.8. The molecule has 1 aromatic rings. The summed E-state index contributed by atoms with van der Waals surface area (Å²) in [5, 5.41) is 0.241. The zero-order valence-corrected chi connectivity index (χ0v) is 13.0. The standard InChI is InChI=1S/C12H15ClN2O2S2/c1-12(2)6-10(12)15-19(16,17)7-3-4-8(11(14)18)9(13)5-7/h3-5,10,15H,6H2,1-2H3,(H2,14,18). The predicted molar refractivity (Wildman–Crippen MR) is 79.8 cm³/mol. The Morgan fingerprint density at radius 2 is 2.11 bits per heavy atom.